The van der Waals surface area contributed by atoms with Gasteiger partial charge in [0.15, 0.2) is 4.34 Å². The molecule has 0 atom stereocenters. The standard InChI is InChI=1S/C23H30N6O5S4/c1-4-22-26-27-23(36-22)35-16-18-13-20(28-8-10-34-11-9-28)14-21(25-18)24-15-17-6-5-7-19(12-17)29(37(2,30)31)38(3,32)33/h5-7,12-14H,4,8-11,15-16H2,1-3H3,(H,24,25). The highest BCUT2D eigenvalue weighted by Crippen LogP contribution is 2.29. The number of anilines is 3. The third kappa shape index (κ3) is 7.56. The van der Waals surface area contributed by atoms with E-state index in [4.69, 9.17) is 9.72 Å². The number of hydrogen-bond donors (Lipinski definition) is 1. The van der Waals surface area contributed by atoms with Crippen LogP contribution >= 0.6 is 23.1 Å². The summed E-state index contributed by atoms with van der Waals surface area (Å²) in [4.78, 5) is 7.04. The number of aromatic nitrogens is 3. The van der Waals surface area contributed by atoms with Gasteiger partial charge in [0.2, 0.25) is 20.0 Å². The first kappa shape index (κ1) is 28.5. The number of benzene rings is 1. The molecule has 11 nitrogen and oxygen atoms in total. The number of rotatable bonds is 11. The predicted octanol–water partition coefficient (Wildman–Crippen LogP) is 2.96. The molecule has 0 radical (unpaired) electrons. The molecule has 0 amide bonds. The molecule has 1 fully saturated rings. The van der Waals surface area contributed by atoms with E-state index in [9.17, 15) is 16.8 Å². The molecule has 0 unspecified atom stereocenters. The van der Waals surface area contributed by atoms with E-state index in [0.29, 0.717) is 40.6 Å². The number of morpholine rings is 1. The van der Waals surface area contributed by atoms with Gasteiger partial charge in [-0.25, -0.2) is 21.8 Å². The SMILES string of the molecule is CCc1nnc(SCc2cc(N3CCOCC3)cc(NCc3cccc(N(S(C)(=O)=O)S(C)(=O)=O)c3)n2)s1. The normalized spacial score (nSPS) is 14.4. The van der Waals surface area contributed by atoms with Crippen molar-refractivity contribution in [2.24, 2.45) is 0 Å². The summed E-state index contributed by atoms with van der Waals surface area (Å²) >= 11 is 3.17. The zero-order valence-electron chi connectivity index (χ0n) is 21.3. The Labute approximate surface area is 231 Å². The largest absolute Gasteiger partial charge is 0.378 e. The highest BCUT2D eigenvalue weighted by atomic mass is 32.3. The molecule has 1 aromatic carbocycles. The molecule has 1 N–H and O–H groups in total. The average molecular weight is 599 g/mol. The Kier molecular flexibility index (Phi) is 9.13. The maximum atomic E-state index is 12.2. The average Bonchev–Trinajstić information content (AvgIpc) is 3.33. The van der Waals surface area contributed by atoms with E-state index < -0.39 is 20.0 Å². The molecule has 2 aromatic heterocycles. The van der Waals surface area contributed by atoms with Crippen molar-refractivity contribution in [2.75, 3.05) is 52.7 Å². The van der Waals surface area contributed by atoms with Crippen molar-refractivity contribution in [1.82, 2.24) is 15.2 Å². The van der Waals surface area contributed by atoms with Gasteiger partial charge in [-0.1, -0.05) is 42.2 Å². The van der Waals surface area contributed by atoms with Gasteiger partial charge < -0.3 is 15.0 Å². The maximum Gasteiger partial charge on any atom is 0.245 e. The van der Waals surface area contributed by atoms with Crippen LogP contribution in [0, 0.1) is 0 Å². The molecular formula is C23H30N6O5S4. The highest BCUT2D eigenvalue weighted by molar-refractivity contribution is 8.09. The quantitative estimate of drug-likeness (QED) is 0.326. The van der Waals surface area contributed by atoms with Crippen LogP contribution in [0.5, 0.6) is 0 Å². The van der Waals surface area contributed by atoms with E-state index >= 15 is 0 Å². The van der Waals surface area contributed by atoms with Gasteiger partial charge in [0.25, 0.3) is 0 Å². The fourth-order valence-electron chi connectivity index (χ4n) is 3.92. The Balaban J connectivity index is 1.55. The molecule has 4 rings (SSSR count). The first-order chi connectivity index (χ1) is 18.0. The number of nitrogens with zero attached hydrogens (tertiary/aromatic N) is 5. The Morgan fingerprint density at radius 3 is 2.47 bits per heavy atom. The van der Waals surface area contributed by atoms with E-state index in [1.165, 1.54) is 6.07 Å². The Hall–Kier alpha value is -2.46. The Morgan fingerprint density at radius 2 is 1.82 bits per heavy atom. The lowest BCUT2D eigenvalue weighted by Gasteiger charge is -2.29. The molecule has 1 saturated heterocycles. The van der Waals surface area contributed by atoms with Crippen LogP contribution in [0.2, 0.25) is 0 Å². The molecular weight excluding hydrogens is 569 g/mol. The molecule has 3 aromatic rings. The van der Waals surface area contributed by atoms with Gasteiger partial charge in [-0.05, 0) is 30.2 Å². The summed E-state index contributed by atoms with van der Waals surface area (Å²) < 4.78 is 55.5. The number of aryl methyl sites for hydroxylation is 1. The monoisotopic (exact) mass is 598 g/mol. The molecule has 1 aliphatic rings. The molecule has 0 aliphatic carbocycles. The van der Waals surface area contributed by atoms with Crippen LogP contribution in [0.1, 0.15) is 23.2 Å². The van der Waals surface area contributed by atoms with Gasteiger partial charge in [0.05, 0.1) is 37.1 Å². The van der Waals surface area contributed by atoms with Gasteiger partial charge in [-0.15, -0.1) is 10.2 Å². The second-order valence-electron chi connectivity index (χ2n) is 8.65. The Bertz CT molecular complexity index is 1440. The lowest BCUT2D eigenvalue weighted by Crippen LogP contribution is -2.36. The Morgan fingerprint density at radius 1 is 1.08 bits per heavy atom. The molecule has 15 heteroatoms. The zero-order valence-corrected chi connectivity index (χ0v) is 24.6. The summed E-state index contributed by atoms with van der Waals surface area (Å²) in [5.41, 5.74) is 2.67. The van der Waals surface area contributed by atoms with Crippen molar-refractivity contribution < 1.29 is 21.6 Å². The number of sulfonamides is 2. The lowest BCUT2D eigenvalue weighted by molar-refractivity contribution is 0.122. The minimum atomic E-state index is -4.03. The highest BCUT2D eigenvalue weighted by Gasteiger charge is 2.27. The summed E-state index contributed by atoms with van der Waals surface area (Å²) in [6.07, 6.45) is 2.58. The van der Waals surface area contributed by atoms with Crippen LogP contribution in [-0.2, 0) is 43.5 Å². The summed E-state index contributed by atoms with van der Waals surface area (Å²) in [7, 11) is -8.05. The molecule has 1 aliphatic heterocycles. The fourth-order valence-corrected chi connectivity index (χ4v) is 8.61. The van der Waals surface area contributed by atoms with Crippen molar-refractivity contribution in [2.45, 2.75) is 30.0 Å². The van der Waals surface area contributed by atoms with E-state index in [2.05, 4.69) is 33.4 Å². The van der Waals surface area contributed by atoms with E-state index in [1.54, 1.807) is 41.3 Å². The second-order valence-corrected chi connectivity index (χ2v) is 14.8. The van der Waals surface area contributed by atoms with E-state index in [0.717, 1.165) is 52.8 Å². The van der Waals surface area contributed by atoms with Crippen molar-refractivity contribution in [1.29, 1.82) is 0 Å². The first-order valence-electron chi connectivity index (χ1n) is 11.8. The van der Waals surface area contributed by atoms with Crippen LogP contribution in [0.3, 0.4) is 0 Å². The minimum absolute atomic E-state index is 0.0601. The number of pyridine rings is 1. The van der Waals surface area contributed by atoms with Gasteiger partial charge in [0.1, 0.15) is 10.8 Å². The molecule has 0 bridgehead atoms. The third-order valence-electron chi connectivity index (χ3n) is 5.53. The van der Waals surface area contributed by atoms with Gasteiger partial charge in [0, 0.05) is 37.1 Å². The van der Waals surface area contributed by atoms with E-state index in [1.807, 2.05) is 6.07 Å². The topological polar surface area (TPSA) is 135 Å². The molecule has 0 spiro atoms. The van der Waals surface area contributed by atoms with Gasteiger partial charge in [-0.3, -0.25) is 0 Å². The second kappa shape index (κ2) is 12.2. The van der Waals surface area contributed by atoms with E-state index in [-0.39, 0.29) is 5.69 Å². The minimum Gasteiger partial charge on any atom is -0.378 e. The summed E-state index contributed by atoms with van der Waals surface area (Å²) in [5, 5.41) is 12.7. The number of ether oxygens (including phenoxy) is 1. The molecule has 38 heavy (non-hydrogen) atoms. The summed E-state index contributed by atoms with van der Waals surface area (Å²) in [6, 6.07) is 10.5. The number of hydrogen-bond acceptors (Lipinski definition) is 12. The first-order valence-corrected chi connectivity index (χ1v) is 17.3. The maximum absolute atomic E-state index is 12.2. The zero-order chi connectivity index (χ0) is 27.3. The summed E-state index contributed by atoms with van der Waals surface area (Å²) in [6.45, 7) is 5.24. The van der Waals surface area contributed by atoms with Crippen LogP contribution in [0.25, 0.3) is 0 Å². The van der Waals surface area contributed by atoms with Crippen LogP contribution < -0.4 is 13.9 Å². The van der Waals surface area contributed by atoms with Crippen molar-refractivity contribution in [3.05, 3.63) is 52.7 Å². The van der Waals surface area contributed by atoms with Crippen molar-refractivity contribution >= 4 is 60.3 Å². The lowest BCUT2D eigenvalue weighted by atomic mass is 10.2. The number of nitrogens with one attached hydrogen (secondary N) is 1. The fraction of sp³-hybridized carbons (Fsp3) is 0.435. The van der Waals surface area contributed by atoms with Gasteiger partial charge in [-0.2, -0.15) is 3.71 Å². The van der Waals surface area contributed by atoms with Crippen LogP contribution in [0.4, 0.5) is 17.2 Å². The van der Waals surface area contributed by atoms with Crippen molar-refractivity contribution in [3.63, 3.8) is 0 Å². The number of thioether (sulfide) groups is 1. The van der Waals surface area contributed by atoms with Crippen LogP contribution in [0.15, 0.2) is 40.7 Å². The van der Waals surface area contributed by atoms with Crippen LogP contribution in [-0.4, -0.2) is 70.8 Å². The van der Waals surface area contributed by atoms with Crippen molar-refractivity contribution in [3.8, 4) is 0 Å². The van der Waals surface area contributed by atoms with Gasteiger partial charge >= 0.3 is 0 Å². The molecule has 206 valence electrons. The third-order valence-corrected chi connectivity index (χ3v) is 11.0. The predicted molar refractivity (Wildman–Crippen MR) is 152 cm³/mol. The molecule has 3 heterocycles. The smallest absolute Gasteiger partial charge is 0.245 e. The molecule has 0 saturated carbocycles. The summed E-state index contributed by atoms with van der Waals surface area (Å²) in [5.74, 6) is 1.28.